The number of allylic oxidation sites excluding steroid dienone is 4. The predicted molar refractivity (Wildman–Crippen MR) is 50.9 cm³/mol. The maximum Gasteiger partial charge on any atom is 0.158 e. The lowest BCUT2D eigenvalue weighted by atomic mass is 9.89. The summed E-state index contributed by atoms with van der Waals surface area (Å²) in [5, 5.41) is 0. The van der Waals surface area contributed by atoms with E-state index in [9.17, 15) is 4.79 Å². The van der Waals surface area contributed by atoms with Crippen molar-refractivity contribution >= 4 is 5.78 Å². The molecule has 1 unspecified atom stereocenters. The van der Waals surface area contributed by atoms with Crippen LogP contribution in [0.15, 0.2) is 24.3 Å². The Labute approximate surface area is 74.2 Å². The molecule has 0 amide bonds. The molecule has 0 saturated heterocycles. The summed E-state index contributed by atoms with van der Waals surface area (Å²) in [6, 6.07) is 0. The van der Waals surface area contributed by atoms with E-state index in [1.54, 1.807) is 6.08 Å². The highest BCUT2D eigenvalue weighted by Crippen LogP contribution is 2.19. The SMILES string of the molecule is C/C=C/CCC1CCC=CC1=O. The topological polar surface area (TPSA) is 17.1 Å². The van der Waals surface area contributed by atoms with Crippen molar-refractivity contribution < 1.29 is 4.79 Å². The van der Waals surface area contributed by atoms with Crippen LogP contribution in [0.5, 0.6) is 0 Å². The van der Waals surface area contributed by atoms with Gasteiger partial charge in [0.1, 0.15) is 0 Å². The van der Waals surface area contributed by atoms with E-state index in [1.807, 2.05) is 19.1 Å². The first-order valence-corrected chi connectivity index (χ1v) is 4.66. The van der Waals surface area contributed by atoms with Crippen LogP contribution in [0.4, 0.5) is 0 Å². The Morgan fingerprint density at radius 2 is 2.50 bits per heavy atom. The smallest absolute Gasteiger partial charge is 0.158 e. The average molecular weight is 164 g/mol. The van der Waals surface area contributed by atoms with Gasteiger partial charge < -0.3 is 0 Å². The van der Waals surface area contributed by atoms with Gasteiger partial charge in [-0.3, -0.25) is 4.79 Å². The van der Waals surface area contributed by atoms with Gasteiger partial charge in [0.05, 0.1) is 0 Å². The summed E-state index contributed by atoms with van der Waals surface area (Å²) in [5.41, 5.74) is 0. The second-order valence-electron chi connectivity index (χ2n) is 3.23. The lowest BCUT2D eigenvalue weighted by Gasteiger charge is -2.14. The Bertz CT molecular complexity index is 201. The third-order valence-corrected chi connectivity index (χ3v) is 2.28. The van der Waals surface area contributed by atoms with Crippen LogP contribution < -0.4 is 0 Å². The summed E-state index contributed by atoms with van der Waals surface area (Å²) in [6.45, 7) is 2.02. The number of hydrogen-bond donors (Lipinski definition) is 0. The van der Waals surface area contributed by atoms with E-state index in [0.717, 1.165) is 25.7 Å². The molecule has 0 bridgehead atoms. The number of ketones is 1. The summed E-state index contributed by atoms with van der Waals surface area (Å²) < 4.78 is 0. The molecule has 1 rings (SSSR count). The monoisotopic (exact) mass is 164 g/mol. The molecule has 66 valence electrons. The molecule has 0 fully saturated rings. The molecule has 1 aliphatic rings. The molecule has 0 spiro atoms. The summed E-state index contributed by atoms with van der Waals surface area (Å²) in [4.78, 5) is 11.3. The van der Waals surface area contributed by atoms with Gasteiger partial charge in [0.15, 0.2) is 5.78 Å². The fourth-order valence-electron chi connectivity index (χ4n) is 1.53. The number of carbonyl (C=O) groups is 1. The van der Waals surface area contributed by atoms with Gasteiger partial charge in [-0.2, -0.15) is 0 Å². The molecule has 1 aliphatic carbocycles. The van der Waals surface area contributed by atoms with Gasteiger partial charge in [-0.1, -0.05) is 18.2 Å². The maximum atomic E-state index is 11.3. The fourth-order valence-corrected chi connectivity index (χ4v) is 1.53. The lowest BCUT2D eigenvalue weighted by Crippen LogP contribution is -2.14. The summed E-state index contributed by atoms with van der Waals surface area (Å²) in [6.07, 6.45) is 12.1. The third kappa shape index (κ3) is 2.65. The van der Waals surface area contributed by atoms with Crippen molar-refractivity contribution in [3.8, 4) is 0 Å². The minimum Gasteiger partial charge on any atom is -0.295 e. The van der Waals surface area contributed by atoms with Crippen LogP contribution in [0.3, 0.4) is 0 Å². The molecular weight excluding hydrogens is 148 g/mol. The Hall–Kier alpha value is -0.850. The van der Waals surface area contributed by atoms with Gasteiger partial charge in [-0.05, 0) is 38.7 Å². The number of rotatable bonds is 3. The fraction of sp³-hybridized carbons (Fsp3) is 0.545. The highest BCUT2D eigenvalue weighted by Gasteiger charge is 2.16. The Kier molecular flexibility index (Phi) is 3.78. The number of hydrogen-bond acceptors (Lipinski definition) is 1. The molecule has 0 heterocycles. The van der Waals surface area contributed by atoms with Gasteiger partial charge in [-0.25, -0.2) is 0 Å². The molecule has 0 aromatic heterocycles. The zero-order chi connectivity index (χ0) is 8.81. The second-order valence-corrected chi connectivity index (χ2v) is 3.23. The molecule has 0 N–H and O–H groups in total. The van der Waals surface area contributed by atoms with E-state index >= 15 is 0 Å². The van der Waals surface area contributed by atoms with E-state index in [1.165, 1.54) is 0 Å². The van der Waals surface area contributed by atoms with Gasteiger partial charge in [0.2, 0.25) is 0 Å². The maximum absolute atomic E-state index is 11.3. The van der Waals surface area contributed by atoms with Crippen molar-refractivity contribution in [1.82, 2.24) is 0 Å². The van der Waals surface area contributed by atoms with Crippen molar-refractivity contribution in [3.63, 3.8) is 0 Å². The summed E-state index contributed by atoms with van der Waals surface area (Å²) in [5.74, 6) is 0.622. The minimum absolute atomic E-state index is 0.297. The zero-order valence-electron chi connectivity index (χ0n) is 7.62. The molecule has 1 atom stereocenters. The van der Waals surface area contributed by atoms with E-state index < -0.39 is 0 Å². The first-order chi connectivity index (χ1) is 5.84. The molecule has 1 heteroatoms. The van der Waals surface area contributed by atoms with E-state index in [2.05, 4.69) is 6.08 Å². The number of carbonyl (C=O) groups excluding carboxylic acids is 1. The van der Waals surface area contributed by atoms with Gasteiger partial charge in [0, 0.05) is 5.92 Å². The van der Waals surface area contributed by atoms with Crippen LogP contribution >= 0.6 is 0 Å². The normalized spacial score (nSPS) is 23.8. The highest BCUT2D eigenvalue weighted by atomic mass is 16.1. The van der Waals surface area contributed by atoms with Crippen molar-refractivity contribution in [2.45, 2.75) is 32.6 Å². The van der Waals surface area contributed by atoms with Crippen LogP contribution in [0.1, 0.15) is 32.6 Å². The minimum atomic E-state index is 0.297. The lowest BCUT2D eigenvalue weighted by molar-refractivity contribution is -0.118. The molecule has 1 nitrogen and oxygen atoms in total. The first kappa shape index (κ1) is 9.24. The van der Waals surface area contributed by atoms with Crippen molar-refractivity contribution in [1.29, 1.82) is 0 Å². The van der Waals surface area contributed by atoms with E-state index in [0.29, 0.717) is 11.7 Å². The van der Waals surface area contributed by atoms with Crippen LogP contribution in [0, 0.1) is 5.92 Å². The average Bonchev–Trinajstić information content (AvgIpc) is 2.09. The Morgan fingerprint density at radius 3 is 3.17 bits per heavy atom. The van der Waals surface area contributed by atoms with Crippen LogP contribution in [0.2, 0.25) is 0 Å². The second kappa shape index (κ2) is 4.91. The Morgan fingerprint density at radius 1 is 1.67 bits per heavy atom. The molecule has 0 aromatic rings. The first-order valence-electron chi connectivity index (χ1n) is 4.66. The molecule has 0 aliphatic heterocycles. The van der Waals surface area contributed by atoms with Gasteiger partial charge >= 0.3 is 0 Å². The molecule has 12 heavy (non-hydrogen) atoms. The van der Waals surface area contributed by atoms with E-state index in [4.69, 9.17) is 0 Å². The quantitative estimate of drug-likeness (QED) is 0.586. The summed E-state index contributed by atoms with van der Waals surface area (Å²) in [7, 11) is 0. The largest absolute Gasteiger partial charge is 0.295 e. The van der Waals surface area contributed by atoms with Gasteiger partial charge in [-0.15, -0.1) is 0 Å². The predicted octanol–water partition coefficient (Wildman–Crippen LogP) is 2.88. The van der Waals surface area contributed by atoms with Crippen molar-refractivity contribution in [3.05, 3.63) is 24.3 Å². The highest BCUT2D eigenvalue weighted by molar-refractivity contribution is 5.92. The van der Waals surface area contributed by atoms with Crippen LogP contribution in [-0.2, 0) is 4.79 Å². The third-order valence-electron chi connectivity index (χ3n) is 2.28. The molecule has 0 radical (unpaired) electrons. The Balaban J connectivity index is 2.32. The van der Waals surface area contributed by atoms with Crippen LogP contribution in [-0.4, -0.2) is 5.78 Å². The van der Waals surface area contributed by atoms with Crippen molar-refractivity contribution in [2.24, 2.45) is 5.92 Å². The van der Waals surface area contributed by atoms with Gasteiger partial charge in [0.25, 0.3) is 0 Å². The molecule has 0 aromatic carbocycles. The standard InChI is InChI=1S/C11H16O/c1-2-3-4-7-10-8-5-6-9-11(10)12/h2-3,6,9-10H,4-5,7-8H2,1H3/b3-2+. The zero-order valence-corrected chi connectivity index (χ0v) is 7.62. The van der Waals surface area contributed by atoms with Crippen molar-refractivity contribution in [2.75, 3.05) is 0 Å². The molecular formula is C11H16O. The summed E-state index contributed by atoms with van der Waals surface area (Å²) >= 11 is 0. The van der Waals surface area contributed by atoms with Crippen LogP contribution in [0.25, 0.3) is 0 Å². The van der Waals surface area contributed by atoms with E-state index in [-0.39, 0.29) is 0 Å². The molecule has 0 saturated carbocycles.